The van der Waals surface area contributed by atoms with E-state index in [-0.39, 0.29) is 0 Å². The van der Waals surface area contributed by atoms with E-state index in [2.05, 4.69) is 30.5 Å². The Kier molecular flexibility index (Phi) is 5.86. The lowest BCUT2D eigenvalue weighted by atomic mass is 9.97. The second-order valence-electron chi connectivity index (χ2n) is 5.37. The van der Waals surface area contributed by atoms with E-state index in [1.165, 1.54) is 24.8 Å². The zero-order valence-electron chi connectivity index (χ0n) is 12.3. The fraction of sp³-hybridized carbons (Fsp3) is 0.800. The van der Waals surface area contributed by atoms with Gasteiger partial charge in [0.2, 0.25) is 0 Å². The minimum Gasteiger partial charge on any atom is -0.377 e. The first-order valence-electron chi connectivity index (χ1n) is 7.69. The third-order valence-corrected chi connectivity index (χ3v) is 3.79. The third-order valence-electron chi connectivity index (χ3n) is 3.79. The first-order valence-corrected chi connectivity index (χ1v) is 7.69. The number of nitrogens with zero attached hydrogens (tertiary/aromatic N) is 2. The second-order valence-corrected chi connectivity index (χ2v) is 5.37. The van der Waals surface area contributed by atoms with E-state index in [9.17, 15) is 0 Å². The number of nitrogens with one attached hydrogen (secondary N) is 1. The molecule has 0 aromatic carbocycles. The van der Waals surface area contributed by atoms with Crippen molar-refractivity contribution in [2.45, 2.75) is 64.6 Å². The number of aromatic nitrogens is 2. The van der Waals surface area contributed by atoms with Crippen LogP contribution in [0, 0.1) is 0 Å². The van der Waals surface area contributed by atoms with Crippen molar-refractivity contribution in [2.24, 2.45) is 0 Å². The van der Waals surface area contributed by atoms with E-state index in [1.807, 2.05) is 10.9 Å². The molecule has 1 aromatic heterocycles. The zero-order valence-corrected chi connectivity index (χ0v) is 12.3. The van der Waals surface area contributed by atoms with Crippen molar-refractivity contribution in [3.63, 3.8) is 0 Å². The van der Waals surface area contributed by atoms with Gasteiger partial charge in [-0.2, -0.15) is 5.10 Å². The Morgan fingerprint density at radius 3 is 3.00 bits per heavy atom. The van der Waals surface area contributed by atoms with Crippen LogP contribution < -0.4 is 5.32 Å². The lowest BCUT2D eigenvalue weighted by molar-refractivity contribution is -0.00738. The molecule has 0 aliphatic carbocycles. The molecule has 0 bridgehead atoms. The molecule has 1 fully saturated rings. The highest BCUT2D eigenvalue weighted by atomic mass is 16.5. The van der Waals surface area contributed by atoms with Gasteiger partial charge in [0, 0.05) is 25.4 Å². The molecule has 0 saturated carbocycles. The van der Waals surface area contributed by atoms with Crippen LogP contribution in [-0.2, 0) is 17.7 Å². The van der Waals surface area contributed by atoms with E-state index >= 15 is 0 Å². The van der Waals surface area contributed by atoms with Crippen LogP contribution in [0.1, 0.15) is 45.1 Å². The Morgan fingerprint density at radius 2 is 2.37 bits per heavy atom. The van der Waals surface area contributed by atoms with E-state index in [1.54, 1.807) is 0 Å². The summed E-state index contributed by atoms with van der Waals surface area (Å²) in [6, 6.07) is 0.426. The monoisotopic (exact) mass is 265 g/mol. The van der Waals surface area contributed by atoms with Crippen LogP contribution in [0.25, 0.3) is 0 Å². The van der Waals surface area contributed by atoms with Gasteiger partial charge in [-0.1, -0.05) is 6.92 Å². The van der Waals surface area contributed by atoms with Gasteiger partial charge in [0.15, 0.2) is 0 Å². The maximum atomic E-state index is 5.95. The minimum absolute atomic E-state index is 0.366. The molecular formula is C15H27N3O. The van der Waals surface area contributed by atoms with E-state index in [0.29, 0.717) is 12.1 Å². The van der Waals surface area contributed by atoms with Gasteiger partial charge in [-0.3, -0.25) is 4.68 Å². The Hall–Kier alpha value is -0.870. The highest BCUT2D eigenvalue weighted by Gasteiger charge is 2.24. The van der Waals surface area contributed by atoms with Crippen molar-refractivity contribution in [3.8, 4) is 0 Å². The Bertz CT molecular complexity index is 358. The van der Waals surface area contributed by atoms with Crippen LogP contribution in [-0.4, -0.2) is 35.1 Å². The Morgan fingerprint density at radius 1 is 1.47 bits per heavy atom. The summed E-state index contributed by atoms with van der Waals surface area (Å²) in [7, 11) is 0. The topological polar surface area (TPSA) is 39.1 Å². The molecule has 2 unspecified atom stereocenters. The van der Waals surface area contributed by atoms with Crippen molar-refractivity contribution in [1.82, 2.24) is 15.1 Å². The second kappa shape index (κ2) is 7.65. The smallest absolute Gasteiger partial charge is 0.0731 e. The number of aryl methyl sites for hydroxylation is 1. The third kappa shape index (κ3) is 4.32. The van der Waals surface area contributed by atoms with Gasteiger partial charge in [0.05, 0.1) is 12.3 Å². The van der Waals surface area contributed by atoms with Crippen LogP contribution >= 0.6 is 0 Å². The van der Waals surface area contributed by atoms with Crippen molar-refractivity contribution in [1.29, 1.82) is 0 Å². The zero-order chi connectivity index (χ0) is 13.5. The summed E-state index contributed by atoms with van der Waals surface area (Å²) in [6.07, 6.45) is 10.4. The number of ether oxygens (including phenoxy) is 1. The first kappa shape index (κ1) is 14.5. The van der Waals surface area contributed by atoms with Gasteiger partial charge in [-0.05, 0) is 51.1 Å². The highest BCUT2D eigenvalue weighted by molar-refractivity contribution is 5.07. The fourth-order valence-corrected chi connectivity index (χ4v) is 2.69. The molecule has 4 nitrogen and oxygen atoms in total. The van der Waals surface area contributed by atoms with Crippen LogP contribution in [0.15, 0.2) is 12.4 Å². The first-order chi connectivity index (χ1) is 9.33. The average molecular weight is 265 g/mol. The molecule has 108 valence electrons. The van der Waals surface area contributed by atoms with E-state index < -0.39 is 0 Å². The van der Waals surface area contributed by atoms with Gasteiger partial charge in [-0.15, -0.1) is 0 Å². The average Bonchev–Trinajstić information content (AvgIpc) is 2.92. The van der Waals surface area contributed by atoms with Crippen LogP contribution in [0.5, 0.6) is 0 Å². The summed E-state index contributed by atoms with van der Waals surface area (Å²) in [5, 5.41) is 8.01. The molecule has 1 aromatic rings. The molecule has 1 aliphatic heterocycles. The number of hydrogen-bond donors (Lipinski definition) is 1. The molecule has 0 spiro atoms. The molecular weight excluding hydrogens is 238 g/mol. The minimum atomic E-state index is 0.366. The molecule has 0 radical (unpaired) electrons. The van der Waals surface area contributed by atoms with Crippen LogP contribution in [0.4, 0.5) is 0 Å². The van der Waals surface area contributed by atoms with Crippen LogP contribution in [0.2, 0.25) is 0 Å². The predicted octanol–water partition coefficient (Wildman–Crippen LogP) is 2.38. The molecule has 2 heterocycles. The molecule has 4 heteroatoms. The van der Waals surface area contributed by atoms with E-state index in [4.69, 9.17) is 4.74 Å². The van der Waals surface area contributed by atoms with Crippen molar-refractivity contribution in [2.75, 3.05) is 13.2 Å². The Balaban J connectivity index is 1.95. The summed E-state index contributed by atoms with van der Waals surface area (Å²) < 4.78 is 7.95. The Labute approximate surface area is 116 Å². The van der Waals surface area contributed by atoms with Gasteiger partial charge in [0.25, 0.3) is 0 Å². The fourth-order valence-electron chi connectivity index (χ4n) is 2.69. The van der Waals surface area contributed by atoms with Gasteiger partial charge < -0.3 is 10.1 Å². The number of rotatable bonds is 7. The standard InChI is InChI=1S/C15H27N3O/c1-3-8-16-14(15-7-5-6-9-19-15)10-13-11-17-18(4-2)12-13/h11-12,14-16H,3-10H2,1-2H3. The molecule has 19 heavy (non-hydrogen) atoms. The largest absolute Gasteiger partial charge is 0.377 e. The normalized spacial score (nSPS) is 21.5. The lowest BCUT2D eigenvalue weighted by Crippen LogP contribution is -2.44. The van der Waals surface area contributed by atoms with Gasteiger partial charge in [-0.25, -0.2) is 0 Å². The van der Waals surface area contributed by atoms with Gasteiger partial charge >= 0.3 is 0 Å². The summed E-state index contributed by atoms with van der Waals surface area (Å²) >= 11 is 0. The SMILES string of the molecule is CCCNC(Cc1cnn(CC)c1)C1CCCCO1. The van der Waals surface area contributed by atoms with Crippen molar-refractivity contribution >= 4 is 0 Å². The molecule has 1 aliphatic rings. The molecule has 2 rings (SSSR count). The van der Waals surface area contributed by atoms with Gasteiger partial charge in [0.1, 0.15) is 0 Å². The molecule has 1 saturated heterocycles. The van der Waals surface area contributed by atoms with Crippen molar-refractivity contribution in [3.05, 3.63) is 18.0 Å². The molecule has 1 N–H and O–H groups in total. The lowest BCUT2D eigenvalue weighted by Gasteiger charge is -2.31. The summed E-state index contributed by atoms with van der Waals surface area (Å²) in [4.78, 5) is 0. The maximum Gasteiger partial charge on any atom is 0.0731 e. The maximum absolute atomic E-state index is 5.95. The van der Waals surface area contributed by atoms with E-state index in [0.717, 1.165) is 32.5 Å². The summed E-state index contributed by atoms with van der Waals surface area (Å²) in [5.74, 6) is 0. The highest BCUT2D eigenvalue weighted by Crippen LogP contribution is 2.18. The van der Waals surface area contributed by atoms with Crippen molar-refractivity contribution < 1.29 is 4.74 Å². The molecule has 0 amide bonds. The summed E-state index contributed by atoms with van der Waals surface area (Å²) in [5.41, 5.74) is 1.31. The quantitative estimate of drug-likeness (QED) is 0.822. The summed E-state index contributed by atoms with van der Waals surface area (Å²) in [6.45, 7) is 7.25. The molecule has 2 atom stereocenters. The predicted molar refractivity (Wildman–Crippen MR) is 77.3 cm³/mol. The number of hydrogen-bond acceptors (Lipinski definition) is 3. The van der Waals surface area contributed by atoms with Crippen LogP contribution in [0.3, 0.4) is 0 Å².